The summed E-state index contributed by atoms with van der Waals surface area (Å²) in [5, 5.41) is 11.7. The average Bonchev–Trinajstić information content (AvgIpc) is 1.69. The Morgan fingerprint density at radius 2 is 0.694 bits per heavy atom. The van der Waals surface area contributed by atoms with Crippen molar-refractivity contribution in [2.24, 2.45) is 10.8 Å². The number of anilines is 6. The van der Waals surface area contributed by atoms with Gasteiger partial charge in [-0.2, -0.15) is 0 Å². The van der Waals surface area contributed by atoms with Gasteiger partial charge < -0.3 is 18.6 Å². The van der Waals surface area contributed by atoms with Crippen LogP contribution in [0.2, 0.25) is 0 Å². The van der Waals surface area contributed by atoms with E-state index in [4.69, 9.17) is 8.83 Å². The normalized spacial score (nSPS) is 13.2. The molecule has 408 valence electrons. The molecule has 0 atom stereocenters. The van der Waals surface area contributed by atoms with Crippen LogP contribution in [0.1, 0.15) is 52.7 Å². The van der Waals surface area contributed by atoms with Gasteiger partial charge in [0.05, 0.1) is 17.1 Å². The third-order valence-electron chi connectivity index (χ3n) is 18.5. The molecule has 0 amide bonds. The highest BCUT2D eigenvalue weighted by Crippen LogP contribution is 2.69. The number of nitrogens with zero attached hydrogens (tertiary/aromatic N) is 2. The van der Waals surface area contributed by atoms with Crippen molar-refractivity contribution in [3.05, 3.63) is 278 Å². The summed E-state index contributed by atoms with van der Waals surface area (Å²) in [4.78, 5) is 4.87. The van der Waals surface area contributed by atoms with Crippen LogP contribution in [0.3, 0.4) is 0 Å². The predicted octanol–water partition coefficient (Wildman–Crippen LogP) is 23.6. The summed E-state index contributed by atoms with van der Waals surface area (Å²) >= 11 is 0. The number of benzene rings is 13. The number of rotatable bonds is 8. The lowest BCUT2D eigenvalue weighted by Gasteiger charge is -2.53. The van der Waals surface area contributed by atoms with Crippen LogP contribution in [0.25, 0.3) is 110 Å². The van der Waals surface area contributed by atoms with Crippen molar-refractivity contribution in [1.82, 2.24) is 0 Å². The molecule has 0 aliphatic heterocycles. The molecule has 0 spiro atoms. The highest BCUT2D eigenvalue weighted by atomic mass is 16.3. The first-order valence-corrected chi connectivity index (χ1v) is 29.7. The summed E-state index contributed by atoms with van der Waals surface area (Å²) < 4.78 is 14.5. The zero-order chi connectivity index (χ0) is 57.3. The average molecular weight is 1100 g/mol. The van der Waals surface area contributed by atoms with Gasteiger partial charge in [0, 0.05) is 60.5 Å². The van der Waals surface area contributed by atoms with E-state index in [-0.39, 0.29) is 10.8 Å². The van der Waals surface area contributed by atoms with Gasteiger partial charge in [0.15, 0.2) is 11.2 Å². The standard InChI is InChI=1S/C81H62N2O2/c1-79(2,3)81(80(4,5)6)68-50-71(83(54-33-17-10-18-34-54)70-46-26-44-66-64-42-24-40-57(76(64)85-78(66)70)52-29-13-8-14-30-52)59-36-20-22-38-61(59)72(68)73-60-37-21-19-35-58(60)67-49-55(47-48-62(67)74(73)81)82(53-31-15-9-16-32-53)69-45-25-43-65-63-41-23-39-56(75(63)84-77(65)69)51-27-11-7-12-28-51/h7-50H,1-6H3. The van der Waals surface area contributed by atoms with Crippen LogP contribution in [-0.4, -0.2) is 0 Å². The Hall–Kier alpha value is -10.2. The SMILES string of the molecule is CC(C)(C)C1(C(C)(C)C)c2cc(N(c3ccccc3)c3cccc4c3oc3c(-c5ccccc5)cccc34)c3ccccc3c2-c2c1c1ccc(N(c3ccccc3)c3cccc4c3oc3c(-c5ccccc5)cccc34)cc1c1ccccc21. The molecule has 2 heterocycles. The van der Waals surface area contributed by atoms with Gasteiger partial charge in [0.1, 0.15) is 11.2 Å². The second-order valence-electron chi connectivity index (χ2n) is 25.1. The Morgan fingerprint density at radius 1 is 0.282 bits per heavy atom. The summed E-state index contributed by atoms with van der Waals surface area (Å²) in [6.45, 7) is 14.9. The third-order valence-corrected chi connectivity index (χ3v) is 18.5. The van der Waals surface area contributed by atoms with Crippen molar-refractivity contribution < 1.29 is 8.83 Å². The highest BCUT2D eigenvalue weighted by molar-refractivity contribution is 6.24. The molecule has 1 aliphatic rings. The van der Waals surface area contributed by atoms with Crippen molar-refractivity contribution in [2.45, 2.75) is 47.0 Å². The van der Waals surface area contributed by atoms with Gasteiger partial charge in [0.25, 0.3) is 0 Å². The topological polar surface area (TPSA) is 32.8 Å². The second kappa shape index (κ2) is 18.9. The minimum Gasteiger partial charge on any atom is -0.453 e. The fourth-order valence-corrected chi connectivity index (χ4v) is 15.5. The van der Waals surface area contributed by atoms with Gasteiger partial charge in [0.2, 0.25) is 0 Å². The molecule has 0 radical (unpaired) electrons. The van der Waals surface area contributed by atoms with E-state index in [0.717, 1.165) is 100 Å². The maximum Gasteiger partial charge on any atom is 0.159 e. The molecule has 1 aliphatic carbocycles. The van der Waals surface area contributed by atoms with E-state index in [9.17, 15) is 0 Å². The summed E-state index contributed by atoms with van der Waals surface area (Å²) in [6.07, 6.45) is 0. The molecule has 85 heavy (non-hydrogen) atoms. The molecule has 0 saturated carbocycles. The molecule has 2 aromatic heterocycles. The maximum absolute atomic E-state index is 7.28. The summed E-state index contributed by atoms with van der Waals surface area (Å²) in [7, 11) is 0. The van der Waals surface area contributed by atoms with Crippen LogP contribution in [0, 0.1) is 10.8 Å². The third kappa shape index (κ3) is 7.41. The lowest BCUT2D eigenvalue weighted by atomic mass is 9.49. The maximum atomic E-state index is 7.28. The lowest BCUT2D eigenvalue weighted by molar-refractivity contribution is 0.0965. The molecule has 15 aromatic rings. The first-order valence-electron chi connectivity index (χ1n) is 29.7. The van der Waals surface area contributed by atoms with E-state index in [2.05, 4.69) is 318 Å². The molecule has 0 fully saturated rings. The number of hydrogen-bond acceptors (Lipinski definition) is 4. The first-order chi connectivity index (χ1) is 41.5. The Bertz CT molecular complexity index is 5130. The van der Waals surface area contributed by atoms with Crippen LogP contribution in [0.4, 0.5) is 34.1 Å². The Morgan fingerprint density at radius 3 is 1.21 bits per heavy atom. The first kappa shape index (κ1) is 50.6. The molecule has 13 aromatic carbocycles. The van der Waals surface area contributed by atoms with Gasteiger partial charge in [-0.15, -0.1) is 0 Å². The van der Waals surface area contributed by atoms with E-state index < -0.39 is 5.41 Å². The lowest BCUT2D eigenvalue weighted by Crippen LogP contribution is -2.50. The minimum absolute atomic E-state index is 0.311. The minimum atomic E-state index is -0.541. The fourth-order valence-electron chi connectivity index (χ4n) is 15.5. The number of hydrogen-bond donors (Lipinski definition) is 0. The zero-order valence-electron chi connectivity index (χ0n) is 48.6. The molecule has 0 N–H and O–H groups in total. The molecule has 4 nitrogen and oxygen atoms in total. The van der Waals surface area contributed by atoms with Crippen molar-refractivity contribution in [3.63, 3.8) is 0 Å². The second-order valence-corrected chi connectivity index (χ2v) is 25.1. The molecular formula is C81H62N2O2. The molecule has 0 unspecified atom stereocenters. The van der Waals surface area contributed by atoms with Crippen molar-refractivity contribution in [3.8, 4) is 33.4 Å². The highest BCUT2D eigenvalue weighted by Gasteiger charge is 2.59. The van der Waals surface area contributed by atoms with E-state index in [1.165, 1.54) is 54.6 Å². The Balaban J connectivity index is 0.969. The monoisotopic (exact) mass is 1090 g/mol. The van der Waals surface area contributed by atoms with Crippen LogP contribution in [0.5, 0.6) is 0 Å². The smallest absolute Gasteiger partial charge is 0.159 e. The van der Waals surface area contributed by atoms with Gasteiger partial charge >= 0.3 is 0 Å². The molecular weight excluding hydrogens is 1030 g/mol. The van der Waals surface area contributed by atoms with Gasteiger partial charge in [-0.3, -0.25) is 0 Å². The predicted molar refractivity (Wildman–Crippen MR) is 359 cm³/mol. The van der Waals surface area contributed by atoms with Gasteiger partial charge in [-0.05, 0) is 126 Å². The molecule has 4 heteroatoms. The quantitative estimate of drug-likeness (QED) is 0.142. The van der Waals surface area contributed by atoms with Crippen molar-refractivity contribution in [1.29, 1.82) is 0 Å². The van der Waals surface area contributed by atoms with Crippen molar-refractivity contribution in [2.75, 3.05) is 9.80 Å². The van der Waals surface area contributed by atoms with Crippen LogP contribution in [-0.2, 0) is 5.41 Å². The van der Waals surface area contributed by atoms with Gasteiger partial charge in [-0.1, -0.05) is 254 Å². The summed E-state index contributed by atoms with van der Waals surface area (Å²) in [5.74, 6) is 0. The molecule has 16 rings (SSSR count). The van der Waals surface area contributed by atoms with Crippen molar-refractivity contribution >= 4 is 110 Å². The number of para-hydroxylation sites is 6. The van der Waals surface area contributed by atoms with E-state index in [0.29, 0.717) is 0 Å². The van der Waals surface area contributed by atoms with E-state index >= 15 is 0 Å². The van der Waals surface area contributed by atoms with Crippen LogP contribution < -0.4 is 9.80 Å². The summed E-state index contributed by atoms with van der Waals surface area (Å²) in [6, 6.07) is 97.3. The van der Waals surface area contributed by atoms with E-state index in [1.807, 2.05) is 0 Å². The van der Waals surface area contributed by atoms with Gasteiger partial charge in [-0.25, -0.2) is 0 Å². The van der Waals surface area contributed by atoms with Crippen LogP contribution in [0.15, 0.2) is 276 Å². The fraction of sp³-hybridized carbons (Fsp3) is 0.111. The van der Waals surface area contributed by atoms with E-state index in [1.54, 1.807) is 0 Å². The molecule has 0 bridgehead atoms. The Kier molecular flexibility index (Phi) is 11.3. The number of furan rings is 2. The largest absolute Gasteiger partial charge is 0.453 e. The Labute approximate surface area is 495 Å². The zero-order valence-corrected chi connectivity index (χ0v) is 48.6. The summed E-state index contributed by atoms with van der Waals surface area (Å²) in [5.41, 5.74) is 18.3. The molecule has 0 saturated heterocycles. The van der Waals surface area contributed by atoms with Crippen LogP contribution >= 0.6 is 0 Å². The number of fused-ring (bicyclic) bond motifs is 16.